The lowest BCUT2D eigenvalue weighted by atomic mass is 10.2. The quantitative estimate of drug-likeness (QED) is 0.894. The standard InChI is InChI=1S/C20H24N4O3/c1-14-7-8-18(27-3)17(13-14)22-19(25)15-5-4-6-16(21-15)20(26)24-11-9-23(2)10-12-24/h4-8,13H,9-12H2,1-3H3,(H,22,25). The molecule has 3 rings (SSSR count). The van der Waals surface area contributed by atoms with Crippen LogP contribution in [0.15, 0.2) is 36.4 Å². The number of nitrogens with zero attached hydrogens (tertiary/aromatic N) is 3. The Bertz CT molecular complexity index is 845. The van der Waals surface area contributed by atoms with E-state index in [4.69, 9.17) is 4.74 Å². The Kier molecular flexibility index (Phi) is 5.71. The zero-order valence-corrected chi connectivity index (χ0v) is 15.9. The third-order valence-electron chi connectivity index (χ3n) is 4.59. The molecular weight excluding hydrogens is 344 g/mol. The van der Waals surface area contributed by atoms with Gasteiger partial charge in [0.15, 0.2) is 0 Å². The summed E-state index contributed by atoms with van der Waals surface area (Å²) in [5.74, 6) is 0.0384. The largest absolute Gasteiger partial charge is 0.495 e. The summed E-state index contributed by atoms with van der Waals surface area (Å²) in [6.07, 6.45) is 0. The minimum Gasteiger partial charge on any atom is -0.495 e. The van der Waals surface area contributed by atoms with Gasteiger partial charge in [-0.1, -0.05) is 12.1 Å². The van der Waals surface area contributed by atoms with Crippen molar-refractivity contribution in [1.82, 2.24) is 14.8 Å². The highest BCUT2D eigenvalue weighted by Crippen LogP contribution is 2.25. The van der Waals surface area contributed by atoms with Crippen LogP contribution in [0, 0.1) is 6.92 Å². The van der Waals surface area contributed by atoms with E-state index < -0.39 is 0 Å². The van der Waals surface area contributed by atoms with Gasteiger partial charge in [0.25, 0.3) is 11.8 Å². The predicted molar refractivity (Wildman–Crippen MR) is 103 cm³/mol. The third-order valence-corrected chi connectivity index (χ3v) is 4.59. The van der Waals surface area contributed by atoms with E-state index in [0.29, 0.717) is 24.5 Å². The lowest BCUT2D eigenvalue weighted by Gasteiger charge is -2.32. The summed E-state index contributed by atoms with van der Waals surface area (Å²) in [7, 11) is 3.58. The van der Waals surface area contributed by atoms with Crippen LogP contribution in [0.1, 0.15) is 26.5 Å². The van der Waals surface area contributed by atoms with Gasteiger partial charge in [-0.05, 0) is 43.8 Å². The topological polar surface area (TPSA) is 74.8 Å². The molecule has 1 fully saturated rings. The van der Waals surface area contributed by atoms with Gasteiger partial charge in [-0.3, -0.25) is 9.59 Å². The highest BCUT2D eigenvalue weighted by Gasteiger charge is 2.22. The zero-order chi connectivity index (χ0) is 19.4. The summed E-state index contributed by atoms with van der Waals surface area (Å²) in [5.41, 5.74) is 2.04. The average molecular weight is 368 g/mol. The minimum absolute atomic E-state index is 0.147. The Balaban J connectivity index is 1.76. The number of carbonyl (C=O) groups excluding carboxylic acids is 2. The summed E-state index contributed by atoms with van der Waals surface area (Å²) < 4.78 is 5.29. The number of hydrogen-bond acceptors (Lipinski definition) is 5. The van der Waals surface area contributed by atoms with Crippen molar-refractivity contribution in [3.63, 3.8) is 0 Å². The monoisotopic (exact) mass is 368 g/mol. The molecule has 2 heterocycles. The second-order valence-electron chi connectivity index (χ2n) is 6.66. The van der Waals surface area contributed by atoms with Gasteiger partial charge in [0.05, 0.1) is 12.8 Å². The van der Waals surface area contributed by atoms with Crippen LogP contribution in [0.4, 0.5) is 5.69 Å². The molecule has 27 heavy (non-hydrogen) atoms. The molecule has 0 saturated carbocycles. The molecule has 1 aliphatic rings. The molecule has 1 aliphatic heterocycles. The zero-order valence-electron chi connectivity index (χ0n) is 15.9. The fraction of sp³-hybridized carbons (Fsp3) is 0.350. The first-order chi connectivity index (χ1) is 13.0. The fourth-order valence-electron chi connectivity index (χ4n) is 2.96. The number of piperazine rings is 1. The lowest BCUT2D eigenvalue weighted by molar-refractivity contribution is 0.0658. The summed E-state index contributed by atoms with van der Waals surface area (Å²) >= 11 is 0. The number of amides is 2. The van der Waals surface area contributed by atoms with Gasteiger partial charge in [-0.2, -0.15) is 0 Å². The van der Waals surface area contributed by atoms with Crippen LogP contribution in [-0.4, -0.2) is 66.9 Å². The number of pyridine rings is 1. The molecule has 1 N–H and O–H groups in total. The molecule has 7 nitrogen and oxygen atoms in total. The van der Waals surface area contributed by atoms with Crippen LogP contribution in [0.3, 0.4) is 0 Å². The van der Waals surface area contributed by atoms with Crippen LogP contribution < -0.4 is 10.1 Å². The van der Waals surface area contributed by atoms with Gasteiger partial charge in [0.2, 0.25) is 0 Å². The number of anilines is 1. The number of methoxy groups -OCH3 is 1. The minimum atomic E-state index is -0.382. The molecular formula is C20H24N4O3. The molecule has 142 valence electrons. The number of benzene rings is 1. The van der Waals surface area contributed by atoms with Crippen molar-refractivity contribution in [3.8, 4) is 5.75 Å². The van der Waals surface area contributed by atoms with Crippen LogP contribution in [0.5, 0.6) is 5.75 Å². The normalized spacial score (nSPS) is 14.7. The van der Waals surface area contributed by atoms with E-state index in [1.165, 1.54) is 0 Å². The highest BCUT2D eigenvalue weighted by molar-refractivity contribution is 6.04. The first-order valence-corrected chi connectivity index (χ1v) is 8.89. The molecule has 2 aromatic rings. The van der Waals surface area contributed by atoms with Crippen molar-refractivity contribution in [1.29, 1.82) is 0 Å². The van der Waals surface area contributed by atoms with E-state index >= 15 is 0 Å². The van der Waals surface area contributed by atoms with Crippen molar-refractivity contribution in [3.05, 3.63) is 53.3 Å². The lowest BCUT2D eigenvalue weighted by Crippen LogP contribution is -2.47. The summed E-state index contributed by atoms with van der Waals surface area (Å²) in [6, 6.07) is 10.4. The molecule has 0 radical (unpaired) electrons. The summed E-state index contributed by atoms with van der Waals surface area (Å²) in [5, 5.41) is 2.81. The van der Waals surface area contributed by atoms with E-state index in [9.17, 15) is 9.59 Å². The van der Waals surface area contributed by atoms with Crippen LogP contribution in [-0.2, 0) is 0 Å². The average Bonchev–Trinajstić information content (AvgIpc) is 2.68. The van der Waals surface area contributed by atoms with Gasteiger partial charge in [-0.15, -0.1) is 0 Å². The van der Waals surface area contributed by atoms with Gasteiger partial charge in [0.1, 0.15) is 17.1 Å². The molecule has 0 bridgehead atoms. The second kappa shape index (κ2) is 8.18. The Hall–Kier alpha value is -2.93. The predicted octanol–water partition coefficient (Wildman–Crippen LogP) is 2.04. The molecule has 2 amide bonds. The molecule has 0 unspecified atom stereocenters. The molecule has 1 aromatic heterocycles. The number of rotatable bonds is 4. The van der Waals surface area contributed by atoms with Crippen molar-refractivity contribution < 1.29 is 14.3 Å². The summed E-state index contributed by atoms with van der Waals surface area (Å²) in [4.78, 5) is 33.5. The van der Waals surface area contributed by atoms with Crippen LogP contribution >= 0.6 is 0 Å². The molecule has 0 spiro atoms. The first kappa shape index (κ1) is 18.8. The molecule has 1 aromatic carbocycles. The Morgan fingerprint density at radius 1 is 1.07 bits per heavy atom. The Labute approximate surface area is 158 Å². The summed E-state index contributed by atoms with van der Waals surface area (Å²) in [6.45, 7) is 4.92. The maximum atomic E-state index is 12.7. The van der Waals surface area contributed by atoms with Crippen molar-refractivity contribution in [2.24, 2.45) is 0 Å². The van der Waals surface area contributed by atoms with Gasteiger partial charge >= 0.3 is 0 Å². The highest BCUT2D eigenvalue weighted by atomic mass is 16.5. The molecule has 0 atom stereocenters. The Morgan fingerprint density at radius 3 is 2.48 bits per heavy atom. The number of ether oxygens (including phenoxy) is 1. The fourth-order valence-corrected chi connectivity index (χ4v) is 2.96. The van der Waals surface area contributed by atoms with Gasteiger partial charge < -0.3 is 19.9 Å². The van der Waals surface area contributed by atoms with E-state index in [0.717, 1.165) is 18.7 Å². The maximum absolute atomic E-state index is 12.7. The molecule has 7 heteroatoms. The van der Waals surface area contributed by atoms with E-state index in [2.05, 4.69) is 15.2 Å². The van der Waals surface area contributed by atoms with E-state index in [1.807, 2.05) is 26.1 Å². The Morgan fingerprint density at radius 2 is 1.78 bits per heavy atom. The number of nitrogens with one attached hydrogen (secondary N) is 1. The van der Waals surface area contributed by atoms with E-state index in [-0.39, 0.29) is 23.2 Å². The molecule has 0 aliphatic carbocycles. The second-order valence-corrected chi connectivity index (χ2v) is 6.66. The smallest absolute Gasteiger partial charge is 0.274 e. The SMILES string of the molecule is COc1ccc(C)cc1NC(=O)c1cccc(C(=O)N2CCN(C)CC2)n1. The maximum Gasteiger partial charge on any atom is 0.274 e. The molecule has 1 saturated heterocycles. The number of aryl methyl sites for hydroxylation is 1. The van der Waals surface area contributed by atoms with E-state index in [1.54, 1.807) is 36.3 Å². The van der Waals surface area contributed by atoms with Crippen molar-refractivity contribution in [2.75, 3.05) is 45.7 Å². The number of likely N-dealkylation sites (N-methyl/N-ethyl adjacent to an activating group) is 1. The number of aromatic nitrogens is 1. The van der Waals surface area contributed by atoms with Crippen LogP contribution in [0.25, 0.3) is 0 Å². The van der Waals surface area contributed by atoms with Gasteiger partial charge in [-0.25, -0.2) is 4.98 Å². The van der Waals surface area contributed by atoms with Crippen molar-refractivity contribution in [2.45, 2.75) is 6.92 Å². The first-order valence-electron chi connectivity index (χ1n) is 8.89. The third kappa shape index (κ3) is 4.43. The van der Waals surface area contributed by atoms with Gasteiger partial charge in [0, 0.05) is 26.2 Å². The van der Waals surface area contributed by atoms with Crippen molar-refractivity contribution >= 4 is 17.5 Å². The number of carbonyl (C=O) groups is 2. The number of hydrogen-bond donors (Lipinski definition) is 1. The van der Waals surface area contributed by atoms with Crippen LogP contribution in [0.2, 0.25) is 0 Å².